The quantitative estimate of drug-likeness (QED) is 0.914. The second kappa shape index (κ2) is 6.50. The summed E-state index contributed by atoms with van der Waals surface area (Å²) in [5.41, 5.74) is 2.02. The molecule has 1 unspecified atom stereocenters. The van der Waals surface area contributed by atoms with Gasteiger partial charge in [-0.1, -0.05) is 5.16 Å². The summed E-state index contributed by atoms with van der Waals surface area (Å²) >= 11 is 0. The average molecular weight is 318 g/mol. The van der Waals surface area contributed by atoms with Gasteiger partial charge in [-0.3, -0.25) is 4.90 Å². The fourth-order valence-corrected chi connectivity index (χ4v) is 3.17. The van der Waals surface area contributed by atoms with Crippen molar-refractivity contribution in [1.82, 2.24) is 10.1 Å². The number of aromatic nitrogens is 1. The molecule has 6 nitrogen and oxygen atoms in total. The van der Waals surface area contributed by atoms with Crippen LogP contribution in [0, 0.1) is 6.92 Å². The molecule has 1 N–H and O–H groups in total. The fraction of sp³-hybridized carbons (Fsp3) is 0.471. The van der Waals surface area contributed by atoms with E-state index in [1.165, 1.54) is 14.2 Å². The van der Waals surface area contributed by atoms with E-state index >= 15 is 0 Å². The molecule has 3 rings (SSSR count). The van der Waals surface area contributed by atoms with Crippen LogP contribution in [0.3, 0.4) is 0 Å². The van der Waals surface area contributed by atoms with Gasteiger partial charge in [0.1, 0.15) is 11.5 Å². The van der Waals surface area contributed by atoms with Crippen molar-refractivity contribution in [2.45, 2.75) is 32.4 Å². The van der Waals surface area contributed by atoms with E-state index in [9.17, 15) is 5.11 Å². The van der Waals surface area contributed by atoms with E-state index in [0.717, 1.165) is 42.9 Å². The van der Waals surface area contributed by atoms with Crippen LogP contribution in [0.25, 0.3) is 0 Å². The standard InChI is InChI=1S/C17H22N2O4/c1-11-7-13(18-23-11)14-5-4-6-19(14)10-12-8-15(21-2)17(20)16(9-12)22-3/h7-9,14,20H,4-6,10H2,1-3H3. The molecule has 1 aliphatic rings. The van der Waals surface area contributed by atoms with Gasteiger partial charge >= 0.3 is 0 Å². The number of ether oxygens (including phenoxy) is 2. The zero-order chi connectivity index (χ0) is 16.4. The van der Waals surface area contributed by atoms with Crippen molar-refractivity contribution in [2.75, 3.05) is 20.8 Å². The molecule has 0 saturated carbocycles. The summed E-state index contributed by atoms with van der Waals surface area (Å²) in [7, 11) is 3.07. The molecule has 1 aromatic heterocycles. The molecule has 0 bridgehead atoms. The van der Waals surface area contributed by atoms with Crippen LogP contribution in [0.2, 0.25) is 0 Å². The van der Waals surface area contributed by atoms with Crippen molar-refractivity contribution >= 4 is 0 Å². The van der Waals surface area contributed by atoms with Crippen molar-refractivity contribution in [2.24, 2.45) is 0 Å². The lowest BCUT2D eigenvalue weighted by atomic mass is 10.1. The highest BCUT2D eigenvalue weighted by molar-refractivity contribution is 5.52. The van der Waals surface area contributed by atoms with E-state index in [4.69, 9.17) is 14.0 Å². The van der Waals surface area contributed by atoms with E-state index in [2.05, 4.69) is 10.1 Å². The van der Waals surface area contributed by atoms with Crippen LogP contribution in [0.15, 0.2) is 22.7 Å². The molecule has 1 aromatic carbocycles. The number of hydrogen-bond acceptors (Lipinski definition) is 6. The highest BCUT2D eigenvalue weighted by Gasteiger charge is 2.28. The lowest BCUT2D eigenvalue weighted by Crippen LogP contribution is -2.23. The lowest BCUT2D eigenvalue weighted by molar-refractivity contribution is 0.235. The molecular formula is C17H22N2O4. The number of phenolic OH excluding ortho intramolecular Hbond substituents is 1. The summed E-state index contributed by atoms with van der Waals surface area (Å²) < 4.78 is 15.7. The number of aryl methyl sites for hydroxylation is 1. The molecule has 2 heterocycles. The van der Waals surface area contributed by atoms with Crippen molar-refractivity contribution in [3.05, 3.63) is 35.2 Å². The Balaban J connectivity index is 1.83. The third kappa shape index (κ3) is 3.12. The first-order chi connectivity index (χ1) is 11.1. The zero-order valence-electron chi connectivity index (χ0n) is 13.7. The summed E-state index contributed by atoms with van der Waals surface area (Å²) in [4.78, 5) is 2.36. The molecule has 23 heavy (non-hydrogen) atoms. The summed E-state index contributed by atoms with van der Waals surface area (Å²) in [5, 5.41) is 14.2. The Labute approximate surface area is 135 Å². The Hall–Kier alpha value is -2.21. The number of methoxy groups -OCH3 is 2. The number of nitrogens with zero attached hydrogens (tertiary/aromatic N) is 2. The first-order valence-electron chi connectivity index (χ1n) is 7.73. The minimum absolute atomic E-state index is 0.0313. The molecule has 2 aromatic rings. The summed E-state index contributed by atoms with van der Waals surface area (Å²) in [5.74, 6) is 1.71. The molecule has 124 valence electrons. The van der Waals surface area contributed by atoms with Crippen molar-refractivity contribution in [3.8, 4) is 17.2 Å². The topological polar surface area (TPSA) is 68.0 Å². The van der Waals surface area contributed by atoms with Crippen molar-refractivity contribution in [3.63, 3.8) is 0 Å². The van der Waals surface area contributed by atoms with Crippen molar-refractivity contribution < 1.29 is 19.1 Å². The van der Waals surface area contributed by atoms with E-state index in [1.807, 2.05) is 25.1 Å². The van der Waals surface area contributed by atoms with Crippen molar-refractivity contribution in [1.29, 1.82) is 0 Å². The molecule has 1 atom stereocenters. The number of likely N-dealkylation sites (tertiary alicyclic amines) is 1. The molecule has 6 heteroatoms. The maximum Gasteiger partial charge on any atom is 0.200 e. The van der Waals surface area contributed by atoms with Gasteiger partial charge in [0.2, 0.25) is 5.75 Å². The van der Waals surface area contributed by atoms with E-state index < -0.39 is 0 Å². The largest absolute Gasteiger partial charge is 0.502 e. The van der Waals surface area contributed by atoms with Crippen LogP contribution >= 0.6 is 0 Å². The summed E-state index contributed by atoms with van der Waals surface area (Å²) in [6.07, 6.45) is 2.20. The summed E-state index contributed by atoms with van der Waals surface area (Å²) in [6.45, 7) is 3.65. The monoisotopic (exact) mass is 318 g/mol. The van der Waals surface area contributed by atoms with Crippen LogP contribution < -0.4 is 9.47 Å². The third-order valence-corrected chi connectivity index (χ3v) is 4.28. The first kappa shape index (κ1) is 15.7. The van der Waals surface area contributed by atoms with Gasteiger partial charge in [0.15, 0.2) is 11.5 Å². The fourth-order valence-electron chi connectivity index (χ4n) is 3.17. The van der Waals surface area contributed by atoms with Crippen LogP contribution in [0.5, 0.6) is 17.2 Å². The van der Waals surface area contributed by atoms with Gasteiger partial charge in [-0.25, -0.2) is 0 Å². The normalized spacial score (nSPS) is 18.3. The smallest absolute Gasteiger partial charge is 0.200 e. The van der Waals surface area contributed by atoms with Gasteiger partial charge in [-0.15, -0.1) is 0 Å². The van der Waals surface area contributed by atoms with Gasteiger partial charge in [0.25, 0.3) is 0 Å². The predicted molar refractivity (Wildman–Crippen MR) is 84.8 cm³/mol. The summed E-state index contributed by atoms with van der Waals surface area (Å²) in [6, 6.07) is 5.96. The molecule has 0 spiro atoms. The van der Waals surface area contributed by atoms with E-state index in [-0.39, 0.29) is 11.8 Å². The molecule has 1 aliphatic heterocycles. The maximum absolute atomic E-state index is 10.0. The van der Waals surface area contributed by atoms with Crippen LogP contribution in [-0.2, 0) is 6.54 Å². The van der Waals surface area contributed by atoms with Gasteiger partial charge in [-0.2, -0.15) is 0 Å². The zero-order valence-corrected chi connectivity index (χ0v) is 13.7. The lowest BCUT2D eigenvalue weighted by Gasteiger charge is -2.23. The molecule has 0 amide bonds. The van der Waals surface area contributed by atoms with E-state index in [0.29, 0.717) is 11.5 Å². The van der Waals surface area contributed by atoms with E-state index in [1.54, 1.807) is 0 Å². The minimum atomic E-state index is 0.0313. The molecular weight excluding hydrogens is 296 g/mol. The minimum Gasteiger partial charge on any atom is -0.502 e. The maximum atomic E-state index is 10.0. The van der Waals surface area contributed by atoms with Gasteiger partial charge in [0, 0.05) is 12.6 Å². The predicted octanol–water partition coefficient (Wildman–Crippen LogP) is 3.04. The second-order valence-electron chi connectivity index (χ2n) is 5.84. The Kier molecular flexibility index (Phi) is 4.43. The first-order valence-corrected chi connectivity index (χ1v) is 7.73. The van der Waals surface area contributed by atoms with Gasteiger partial charge in [0.05, 0.1) is 20.3 Å². The SMILES string of the molecule is COc1cc(CN2CCCC2c2cc(C)on2)cc(OC)c1O. The Bertz CT molecular complexity index is 658. The van der Waals surface area contributed by atoms with Gasteiger partial charge < -0.3 is 19.1 Å². The van der Waals surface area contributed by atoms with Gasteiger partial charge in [-0.05, 0) is 44.0 Å². The highest BCUT2D eigenvalue weighted by Crippen LogP contribution is 2.39. The second-order valence-corrected chi connectivity index (χ2v) is 5.84. The molecule has 0 aliphatic carbocycles. The number of aromatic hydroxyl groups is 1. The number of hydrogen-bond donors (Lipinski definition) is 1. The molecule has 1 saturated heterocycles. The number of phenols is 1. The van der Waals surface area contributed by atoms with Crippen LogP contribution in [0.4, 0.5) is 0 Å². The van der Waals surface area contributed by atoms with Crippen LogP contribution in [-0.4, -0.2) is 35.9 Å². The Morgan fingerprint density at radius 3 is 2.52 bits per heavy atom. The Morgan fingerprint density at radius 1 is 1.26 bits per heavy atom. The van der Waals surface area contributed by atoms with Crippen LogP contribution in [0.1, 0.15) is 35.9 Å². The number of rotatable bonds is 5. The molecule has 0 radical (unpaired) electrons. The average Bonchev–Trinajstić information content (AvgIpc) is 3.17. The number of benzene rings is 1. The third-order valence-electron chi connectivity index (χ3n) is 4.28. The Morgan fingerprint density at radius 2 is 1.96 bits per heavy atom. The molecule has 1 fully saturated rings. The highest BCUT2D eigenvalue weighted by atomic mass is 16.5.